The number of esters is 2. The van der Waals surface area contributed by atoms with E-state index >= 15 is 0 Å². The molecule has 0 aliphatic heterocycles. The van der Waals surface area contributed by atoms with Crippen LogP contribution in [-0.4, -0.2) is 25.2 Å². The van der Waals surface area contributed by atoms with E-state index in [1.807, 2.05) is 6.92 Å². The van der Waals surface area contributed by atoms with E-state index in [0.29, 0.717) is 13.2 Å². The summed E-state index contributed by atoms with van der Waals surface area (Å²) in [7, 11) is 0. The number of hydrogen-bond acceptors (Lipinski definition) is 4. The van der Waals surface area contributed by atoms with Gasteiger partial charge in [0.1, 0.15) is 0 Å². The molecule has 0 aromatic heterocycles. The molecule has 0 radical (unpaired) electrons. The molecule has 0 heterocycles. The van der Waals surface area contributed by atoms with Crippen molar-refractivity contribution < 1.29 is 19.1 Å². The van der Waals surface area contributed by atoms with Crippen molar-refractivity contribution in [2.24, 2.45) is 0 Å². The molecule has 0 aromatic rings. The fraction of sp³-hybridized carbons (Fsp3) is 0.625. The van der Waals surface area contributed by atoms with Crippen LogP contribution in [0.1, 0.15) is 52.4 Å². The van der Waals surface area contributed by atoms with Crippen LogP contribution in [0.3, 0.4) is 0 Å². The first kappa shape index (κ1) is 20.7. The molecule has 0 saturated heterocycles. The minimum atomic E-state index is -0.330. The lowest BCUT2D eigenvalue weighted by Gasteiger charge is -1.99. The lowest BCUT2D eigenvalue weighted by Crippen LogP contribution is -2.01. The van der Waals surface area contributed by atoms with Gasteiger partial charge in [-0.05, 0) is 12.8 Å². The standard InChI is InChI=1S/C9H16O2.C7H12O2/c1-3-5-6-7-8-11-9(10)4-2;1-3-5-6-9-7(8)4-2/h4H,2-3,5-8H2,1H3;4H,2-3,5-6H2,1H3. The maximum Gasteiger partial charge on any atom is 0.330 e. The second-order valence-electron chi connectivity index (χ2n) is 4.16. The molecule has 0 aromatic carbocycles. The van der Waals surface area contributed by atoms with E-state index in [1.54, 1.807) is 0 Å². The molecule has 0 unspecified atom stereocenters. The van der Waals surface area contributed by atoms with E-state index in [1.165, 1.54) is 25.0 Å². The summed E-state index contributed by atoms with van der Waals surface area (Å²) in [5.41, 5.74) is 0. The van der Waals surface area contributed by atoms with Crippen molar-refractivity contribution in [3.8, 4) is 0 Å². The Morgan fingerprint density at radius 1 is 0.800 bits per heavy atom. The monoisotopic (exact) mass is 284 g/mol. The minimum absolute atomic E-state index is 0.318. The molecule has 0 saturated carbocycles. The highest BCUT2D eigenvalue weighted by atomic mass is 16.5. The first-order valence-electron chi connectivity index (χ1n) is 7.20. The van der Waals surface area contributed by atoms with Gasteiger partial charge in [0.2, 0.25) is 0 Å². The Bertz CT molecular complexity index is 272. The van der Waals surface area contributed by atoms with Crippen LogP contribution in [0.5, 0.6) is 0 Å². The van der Waals surface area contributed by atoms with Gasteiger partial charge in [-0.3, -0.25) is 0 Å². The summed E-state index contributed by atoms with van der Waals surface area (Å²) in [6.45, 7) is 11.8. The van der Waals surface area contributed by atoms with Crippen LogP contribution in [0.4, 0.5) is 0 Å². The Morgan fingerprint density at radius 3 is 1.65 bits per heavy atom. The number of unbranched alkanes of at least 4 members (excludes halogenated alkanes) is 4. The maximum atomic E-state index is 10.5. The van der Waals surface area contributed by atoms with Crippen LogP contribution in [-0.2, 0) is 19.1 Å². The fourth-order valence-corrected chi connectivity index (χ4v) is 1.14. The van der Waals surface area contributed by atoms with Gasteiger partial charge in [0.25, 0.3) is 0 Å². The third-order valence-corrected chi connectivity index (χ3v) is 2.32. The van der Waals surface area contributed by atoms with Crippen LogP contribution in [0.15, 0.2) is 25.3 Å². The van der Waals surface area contributed by atoms with Gasteiger partial charge in [-0.2, -0.15) is 0 Å². The Labute approximate surface area is 122 Å². The lowest BCUT2D eigenvalue weighted by atomic mass is 10.2. The molecular weight excluding hydrogens is 256 g/mol. The Kier molecular flexibility index (Phi) is 18.1. The summed E-state index contributed by atoms with van der Waals surface area (Å²) in [4.78, 5) is 20.9. The molecule has 0 amide bonds. The van der Waals surface area contributed by atoms with E-state index in [9.17, 15) is 9.59 Å². The van der Waals surface area contributed by atoms with Crippen molar-refractivity contribution in [2.75, 3.05) is 13.2 Å². The molecular formula is C16H28O4. The van der Waals surface area contributed by atoms with Crippen LogP contribution in [0, 0.1) is 0 Å². The van der Waals surface area contributed by atoms with E-state index in [4.69, 9.17) is 4.74 Å². The number of ether oxygens (including phenoxy) is 2. The second kappa shape index (κ2) is 17.4. The highest BCUT2D eigenvalue weighted by molar-refractivity contribution is 5.81. The first-order chi connectivity index (χ1) is 9.62. The molecule has 0 rings (SSSR count). The zero-order chi connectivity index (χ0) is 15.6. The molecule has 0 atom stereocenters. The average Bonchev–Trinajstić information content (AvgIpc) is 2.47. The summed E-state index contributed by atoms with van der Waals surface area (Å²) < 4.78 is 9.46. The molecule has 0 fully saturated rings. The smallest absolute Gasteiger partial charge is 0.330 e. The predicted octanol–water partition coefficient (Wildman–Crippen LogP) is 3.81. The van der Waals surface area contributed by atoms with Crippen molar-refractivity contribution in [2.45, 2.75) is 52.4 Å². The number of rotatable bonds is 10. The molecule has 20 heavy (non-hydrogen) atoms. The van der Waals surface area contributed by atoms with Crippen molar-refractivity contribution in [1.29, 1.82) is 0 Å². The van der Waals surface area contributed by atoms with Gasteiger partial charge in [-0.1, -0.05) is 52.7 Å². The molecule has 116 valence electrons. The summed E-state index contributed by atoms with van der Waals surface area (Å²) in [6.07, 6.45) is 8.87. The molecule has 4 heteroatoms. The molecule has 0 aliphatic carbocycles. The van der Waals surface area contributed by atoms with E-state index < -0.39 is 0 Å². The van der Waals surface area contributed by atoms with Crippen molar-refractivity contribution in [3.63, 3.8) is 0 Å². The molecule has 0 N–H and O–H groups in total. The van der Waals surface area contributed by atoms with Gasteiger partial charge in [0.15, 0.2) is 0 Å². The van der Waals surface area contributed by atoms with E-state index in [2.05, 4.69) is 24.8 Å². The summed E-state index contributed by atoms with van der Waals surface area (Å²) in [5.74, 6) is -0.648. The third kappa shape index (κ3) is 18.8. The SMILES string of the molecule is C=CC(=O)OCCCC.C=CC(=O)OCCCCCC. The lowest BCUT2D eigenvalue weighted by molar-refractivity contribution is -0.138. The summed E-state index contributed by atoms with van der Waals surface area (Å²) in [5, 5.41) is 0. The van der Waals surface area contributed by atoms with Gasteiger partial charge >= 0.3 is 11.9 Å². The van der Waals surface area contributed by atoms with Crippen molar-refractivity contribution >= 4 is 11.9 Å². The topological polar surface area (TPSA) is 52.6 Å². The predicted molar refractivity (Wildman–Crippen MR) is 81.4 cm³/mol. The van der Waals surface area contributed by atoms with Gasteiger partial charge in [-0.15, -0.1) is 0 Å². The van der Waals surface area contributed by atoms with Gasteiger partial charge in [0, 0.05) is 12.2 Å². The first-order valence-corrected chi connectivity index (χ1v) is 7.20. The van der Waals surface area contributed by atoms with Crippen molar-refractivity contribution in [1.82, 2.24) is 0 Å². The van der Waals surface area contributed by atoms with Crippen LogP contribution < -0.4 is 0 Å². The number of hydrogen-bond donors (Lipinski definition) is 0. The Balaban J connectivity index is 0. The van der Waals surface area contributed by atoms with Crippen LogP contribution in [0.2, 0.25) is 0 Å². The molecule has 4 nitrogen and oxygen atoms in total. The van der Waals surface area contributed by atoms with E-state index in [0.717, 1.165) is 25.7 Å². The second-order valence-corrected chi connectivity index (χ2v) is 4.16. The fourth-order valence-electron chi connectivity index (χ4n) is 1.14. The summed E-state index contributed by atoms with van der Waals surface area (Å²) in [6, 6.07) is 0. The largest absolute Gasteiger partial charge is 0.463 e. The highest BCUT2D eigenvalue weighted by Gasteiger charge is 1.93. The molecule has 0 aliphatic rings. The normalized spacial score (nSPS) is 8.90. The maximum absolute atomic E-state index is 10.5. The van der Waals surface area contributed by atoms with Crippen LogP contribution >= 0.6 is 0 Å². The number of carbonyl (C=O) groups excluding carboxylic acids is 2. The van der Waals surface area contributed by atoms with Gasteiger partial charge in [0.05, 0.1) is 13.2 Å². The number of carbonyl (C=O) groups is 2. The van der Waals surface area contributed by atoms with Gasteiger partial charge < -0.3 is 9.47 Å². The van der Waals surface area contributed by atoms with Crippen LogP contribution in [0.25, 0.3) is 0 Å². The van der Waals surface area contributed by atoms with Crippen molar-refractivity contribution in [3.05, 3.63) is 25.3 Å². The zero-order valence-corrected chi connectivity index (χ0v) is 12.9. The Hall–Kier alpha value is -1.58. The molecule has 0 spiro atoms. The highest BCUT2D eigenvalue weighted by Crippen LogP contribution is 1.98. The van der Waals surface area contributed by atoms with Gasteiger partial charge in [-0.25, -0.2) is 9.59 Å². The average molecular weight is 284 g/mol. The Morgan fingerprint density at radius 2 is 1.25 bits per heavy atom. The zero-order valence-electron chi connectivity index (χ0n) is 12.9. The quantitative estimate of drug-likeness (QED) is 0.348. The summed E-state index contributed by atoms with van der Waals surface area (Å²) >= 11 is 0. The van der Waals surface area contributed by atoms with E-state index in [-0.39, 0.29) is 11.9 Å². The molecule has 0 bridgehead atoms. The minimum Gasteiger partial charge on any atom is -0.463 e. The third-order valence-electron chi connectivity index (χ3n) is 2.32.